The number of ether oxygens (including phenoxy) is 1. The summed E-state index contributed by atoms with van der Waals surface area (Å²) in [4.78, 5) is 22.2. The van der Waals surface area contributed by atoms with Gasteiger partial charge in [0.25, 0.3) is 0 Å². The van der Waals surface area contributed by atoms with E-state index >= 15 is 0 Å². The van der Waals surface area contributed by atoms with Crippen LogP contribution in [0.4, 0.5) is 9.18 Å². The van der Waals surface area contributed by atoms with Crippen LogP contribution in [0.3, 0.4) is 0 Å². The molecule has 0 aliphatic carbocycles. The first kappa shape index (κ1) is 19.9. The van der Waals surface area contributed by atoms with Crippen molar-refractivity contribution in [1.29, 1.82) is 0 Å². The lowest BCUT2D eigenvalue weighted by Gasteiger charge is -2.21. The molecule has 4 N–H and O–H groups in total. The second kappa shape index (κ2) is 8.07. The van der Waals surface area contributed by atoms with E-state index in [4.69, 9.17) is 9.84 Å². The molecule has 134 valence electrons. The maximum Gasteiger partial charge on any atom is 0.407 e. The van der Waals surface area contributed by atoms with Crippen molar-refractivity contribution in [3.63, 3.8) is 0 Å². The Hall–Kier alpha value is -2.19. The SMILES string of the molecule is CC(C)(C)OC(=O)NCCC(O)C(O)c1ccc(C(=O)O)cc1F. The predicted molar refractivity (Wildman–Crippen MR) is 83.2 cm³/mol. The van der Waals surface area contributed by atoms with Crippen LogP contribution in [0.2, 0.25) is 0 Å². The Morgan fingerprint density at radius 3 is 2.42 bits per heavy atom. The zero-order valence-electron chi connectivity index (χ0n) is 13.7. The number of rotatable bonds is 6. The highest BCUT2D eigenvalue weighted by Crippen LogP contribution is 2.23. The van der Waals surface area contributed by atoms with Gasteiger partial charge in [0.1, 0.15) is 17.5 Å². The van der Waals surface area contributed by atoms with Crippen LogP contribution in [0.15, 0.2) is 18.2 Å². The van der Waals surface area contributed by atoms with Gasteiger partial charge in [-0.25, -0.2) is 14.0 Å². The van der Waals surface area contributed by atoms with Crippen molar-refractivity contribution in [2.24, 2.45) is 0 Å². The van der Waals surface area contributed by atoms with Gasteiger partial charge in [-0.1, -0.05) is 6.07 Å². The summed E-state index contributed by atoms with van der Waals surface area (Å²) in [7, 11) is 0. The average molecular weight is 343 g/mol. The van der Waals surface area contributed by atoms with Gasteiger partial charge in [0.2, 0.25) is 0 Å². The quantitative estimate of drug-likeness (QED) is 0.626. The Morgan fingerprint density at radius 2 is 1.92 bits per heavy atom. The van der Waals surface area contributed by atoms with Gasteiger partial charge in [-0.3, -0.25) is 0 Å². The summed E-state index contributed by atoms with van der Waals surface area (Å²) in [6, 6.07) is 3.01. The van der Waals surface area contributed by atoms with E-state index in [1.165, 1.54) is 0 Å². The molecule has 0 fully saturated rings. The summed E-state index contributed by atoms with van der Waals surface area (Å²) in [5, 5.41) is 31.0. The van der Waals surface area contributed by atoms with Crippen LogP contribution in [-0.2, 0) is 4.74 Å². The molecule has 1 rings (SSSR count). The molecule has 2 atom stereocenters. The first-order chi connectivity index (χ1) is 11.0. The van der Waals surface area contributed by atoms with Gasteiger partial charge < -0.3 is 25.4 Å². The van der Waals surface area contributed by atoms with Crippen molar-refractivity contribution in [3.05, 3.63) is 35.1 Å². The number of carbonyl (C=O) groups is 2. The fraction of sp³-hybridized carbons (Fsp3) is 0.500. The van der Waals surface area contributed by atoms with Crippen LogP contribution in [0.5, 0.6) is 0 Å². The van der Waals surface area contributed by atoms with Gasteiger partial charge in [-0.05, 0) is 39.3 Å². The number of amides is 1. The molecule has 0 aliphatic rings. The minimum absolute atomic E-state index is 0.0158. The topological polar surface area (TPSA) is 116 Å². The molecule has 24 heavy (non-hydrogen) atoms. The fourth-order valence-corrected chi connectivity index (χ4v) is 1.90. The Labute approximate surface area is 139 Å². The summed E-state index contributed by atoms with van der Waals surface area (Å²) in [6.45, 7) is 5.13. The molecule has 0 aromatic heterocycles. The number of aliphatic hydroxyl groups excluding tert-OH is 2. The molecule has 7 nitrogen and oxygen atoms in total. The first-order valence-corrected chi connectivity index (χ1v) is 7.37. The summed E-state index contributed by atoms with van der Waals surface area (Å²) in [5.74, 6) is -2.22. The van der Waals surface area contributed by atoms with Crippen molar-refractivity contribution in [3.8, 4) is 0 Å². The van der Waals surface area contributed by atoms with E-state index in [0.29, 0.717) is 0 Å². The van der Waals surface area contributed by atoms with Crippen LogP contribution >= 0.6 is 0 Å². The smallest absolute Gasteiger partial charge is 0.407 e. The van der Waals surface area contributed by atoms with Gasteiger partial charge in [0, 0.05) is 12.1 Å². The van der Waals surface area contributed by atoms with Crippen LogP contribution in [0.1, 0.15) is 49.2 Å². The normalized spacial score (nSPS) is 13.9. The Balaban J connectivity index is 2.57. The van der Waals surface area contributed by atoms with Crippen LogP contribution in [-0.4, -0.2) is 45.6 Å². The van der Waals surface area contributed by atoms with Gasteiger partial charge in [0.15, 0.2) is 0 Å². The third-order valence-electron chi connectivity index (χ3n) is 3.04. The number of benzene rings is 1. The molecule has 0 saturated heterocycles. The largest absolute Gasteiger partial charge is 0.478 e. The molecule has 0 saturated carbocycles. The van der Waals surface area contributed by atoms with Crippen LogP contribution < -0.4 is 5.32 Å². The van der Waals surface area contributed by atoms with Crippen molar-refractivity contribution in [1.82, 2.24) is 5.32 Å². The molecular weight excluding hydrogens is 321 g/mol. The number of halogens is 1. The maximum absolute atomic E-state index is 13.8. The fourth-order valence-electron chi connectivity index (χ4n) is 1.90. The third-order valence-corrected chi connectivity index (χ3v) is 3.04. The summed E-state index contributed by atoms with van der Waals surface area (Å²) in [6.07, 6.45) is -3.60. The van der Waals surface area contributed by atoms with E-state index in [0.717, 1.165) is 18.2 Å². The number of aromatic carboxylic acids is 1. The zero-order chi connectivity index (χ0) is 18.5. The summed E-state index contributed by atoms with van der Waals surface area (Å²) >= 11 is 0. The molecule has 8 heteroatoms. The number of aliphatic hydroxyl groups is 2. The molecule has 0 heterocycles. The monoisotopic (exact) mass is 343 g/mol. The highest BCUT2D eigenvalue weighted by Gasteiger charge is 2.23. The average Bonchev–Trinajstić information content (AvgIpc) is 2.44. The van der Waals surface area contributed by atoms with E-state index in [9.17, 15) is 24.2 Å². The second-order valence-electron chi connectivity index (χ2n) is 6.27. The number of carboxylic acid groups (broad SMARTS) is 1. The number of hydrogen-bond acceptors (Lipinski definition) is 5. The number of alkyl carbamates (subject to hydrolysis) is 1. The molecule has 0 aliphatic heterocycles. The lowest BCUT2D eigenvalue weighted by atomic mass is 10.00. The lowest BCUT2D eigenvalue weighted by Crippen LogP contribution is -2.34. The van der Waals surface area contributed by atoms with Crippen molar-refractivity contribution < 1.29 is 34.0 Å². The lowest BCUT2D eigenvalue weighted by molar-refractivity contribution is 0.0103. The minimum Gasteiger partial charge on any atom is -0.478 e. The van der Waals surface area contributed by atoms with Gasteiger partial charge in [-0.2, -0.15) is 0 Å². The predicted octanol–water partition coefficient (Wildman–Crippen LogP) is 1.83. The van der Waals surface area contributed by atoms with E-state index in [1.54, 1.807) is 20.8 Å². The van der Waals surface area contributed by atoms with E-state index in [1.807, 2.05) is 0 Å². The minimum atomic E-state index is -1.55. The van der Waals surface area contributed by atoms with Crippen molar-refractivity contribution in [2.75, 3.05) is 6.54 Å². The number of carboxylic acids is 1. The van der Waals surface area contributed by atoms with Gasteiger partial charge in [0.05, 0.1) is 11.7 Å². The summed E-state index contributed by atoms with van der Waals surface area (Å²) in [5.41, 5.74) is -1.13. The Kier molecular flexibility index (Phi) is 6.68. The maximum atomic E-state index is 13.8. The van der Waals surface area contributed by atoms with Crippen molar-refractivity contribution >= 4 is 12.1 Å². The van der Waals surface area contributed by atoms with Gasteiger partial charge in [-0.15, -0.1) is 0 Å². The van der Waals surface area contributed by atoms with Crippen molar-refractivity contribution in [2.45, 2.75) is 45.0 Å². The van der Waals surface area contributed by atoms with Gasteiger partial charge >= 0.3 is 12.1 Å². The number of hydrogen-bond donors (Lipinski definition) is 4. The zero-order valence-corrected chi connectivity index (χ0v) is 13.7. The van der Waals surface area contributed by atoms with E-state index in [-0.39, 0.29) is 24.1 Å². The molecule has 0 spiro atoms. The van der Waals surface area contributed by atoms with E-state index < -0.39 is 35.7 Å². The molecule has 2 unspecified atom stereocenters. The molecule has 0 bridgehead atoms. The second-order valence-corrected chi connectivity index (χ2v) is 6.27. The molecule has 1 aromatic carbocycles. The standard InChI is InChI=1S/C16H22FNO6/c1-16(2,3)24-15(23)18-7-6-12(19)13(20)10-5-4-9(14(21)22)8-11(10)17/h4-5,8,12-13,19-20H,6-7H2,1-3H3,(H,18,23)(H,21,22). The highest BCUT2D eigenvalue weighted by atomic mass is 19.1. The Bertz CT molecular complexity index is 599. The highest BCUT2D eigenvalue weighted by molar-refractivity contribution is 5.87. The summed E-state index contributed by atoms with van der Waals surface area (Å²) < 4.78 is 18.8. The molecule has 1 aromatic rings. The molecule has 0 radical (unpaired) electrons. The Morgan fingerprint density at radius 1 is 1.29 bits per heavy atom. The number of carbonyl (C=O) groups excluding carboxylic acids is 1. The number of nitrogens with one attached hydrogen (secondary N) is 1. The van der Waals surface area contributed by atoms with Crippen LogP contribution in [0, 0.1) is 5.82 Å². The first-order valence-electron chi connectivity index (χ1n) is 7.37. The molecular formula is C16H22FNO6. The van der Waals surface area contributed by atoms with Crippen LogP contribution in [0.25, 0.3) is 0 Å². The third kappa shape index (κ3) is 6.13. The molecule has 1 amide bonds. The van der Waals surface area contributed by atoms with E-state index in [2.05, 4.69) is 5.32 Å².